The lowest BCUT2D eigenvalue weighted by atomic mass is 10.00. The summed E-state index contributed by atoms with van der Waals surface area (Å²) in [6.45, 7) is 8.32. The van der Waals surface area contributed by atoms with Gasteiger partial charge < -0.3 is 4.74 Å². The molecule has 1 saturated heterocycles. The molecule has 1 aliphatic heterocycles. The van der Waals surface area contributed by atoms with Crippen LogP contribution < -0.4 is 0 Å². The maximum Gasteiger partial charge on any atom is 0.0672 e. The monoisotopic (exact) mass is 138 g/mol. The molecule has 2 unspecified atom stereocenters. The molecule has 10 heavy (non-hydrogen) atoms. The van der Waals surface area contributed by atoms with E-state index in [-0.39, 0.29) is 0 Å². The van der Waals surface area contributed by atoms with Crippen LogP contribution in [-0.2, 0) is 4.74 Å². The van der Waals surface area contributed by atoms with Crippen molar-refractivity contribution in [2.75, 3.05) is 6.61 Å². The number of rotatable bonds is 3. The van der Waals surface area contributed by atoms with Crippen LogP contribution in [-0.4, -0.2) is 12.7 Å². The molecule has 1 nitrogen and oxygen atoms in total. The van der Waals surface area contributed by atoms with Crippen LogP contribution in [0.5, 0.6) is 0 Å². The van der Waals surface area contributed by atoms with E-state index in [4.69, 9.17) is 4.74 Å². The Balaban J connectivity index is 2.41. The topological polar surface area (TPSA) is 9.23 Å². The summed E-state index contributed by atoms with van der Waals surface area (Å²) in [5.41, 5.74) is 0. The van der Waals surface area contributed by atoms with Gasteiger partial charge in [-0.3, -0.25) is 0 Å². The van der Waals surface area contributed by atoms with Crippen molar-refractivity contribution in [2.45, 2.75) is 18.9 Å². The fourth-order valence-electron chi connectivity index (χ4n) is 1.34. The molecule has 1 aliphatic rings. The lowest BCUT2D eigenvalue weighted by Crippen LogP contribution is -2.12. The van der Waals surface area contributed by atoms with Crippen molar-refractivity contribution in [1.29, 1.82) is 0 Å². The van der Waals surface area contributed by atoms with Gasteiger partial charge in [-0.2, -0.15) is 0 Å². The van der Waals surface area contributed by atoms with Gasteiger partial charge in [0.2, 0.25) is 0 Å². The van der Waals surface area contributed by atoms with Crippen molar-refractivity contribution < 1.29 is 4.74 Å². The first kappa shape index (κ1) is 7.55. The molecule has 0 N–H and O–H groups in total. The molecule has 0 aliphatic carbocycles. The zero-order chi connectivity index (χ0) is 7.40. The third-order valence-corrected chi connectivity index (χ3v) is 1.96. The highest BCUT2D eigenvalue weighted by molar-refractivity contribution is 4.91. The van der Waals surface area contributed by atoms with Crippen LogP contribution >= 0.6 is 0 Å². The van der Waals surface area contributed by atoms with E-state index >= 15 is 0 Å². The molecule has 0 amide bonds. The summed E-state index contributed by atoms with van der Waals surface area (Å²) < 4.78 is 5.45. The molecular formula is C9H14O. The summed E-state index contributed by atoms with van der Waals surface area (Å²) in [7, 11) is 0. The van der Waals surface area contributed by atoms with E-state index < -0.39 is 0 Å². The highest BCUT2D eigenvalue weighted by atomic mass is 16.5. The molecule has 0 aromatic heterocycles. The second kappa shape index (κ2) is 3.57. The molecule has 1 heteroatoms. The van der Waals surface area contributed by atoms with Gasteiger partial charge in [0.05, 0.1) is 6.10 Å². The highest BCUT2D eigenvalue weighted by Crippen LogP contribution is 2.24. The second-order valence-corrected chi connectivity index (χ2v) is 2.62. The molecule has 0 radical (unpaired) electrons. The van der Waals surface area contributed by atoms with Gasteiger partial charge in [0.1, 0.15) is 0 Å². The van der Waals surface area contributed by atoms with E-state index in [1.54, 1.807) is 0 Å². The fraction of sp³-hybridized carbons (Fsp3) is 0.556. The Kier molecular flexibility index (Phi) is 2.69. The molecule has 2 atom stereocenters. The maximum absolute atomic E-state index is 5.45. The van der Waals surface area contributed by atoms with Crippen LogP contribution in [0.1, 0.15) is 12.8 Å². The zero-order valence-electron chi connectivity index (χ0n) is 6.25. The van der Waals surface area contributed by atoms with E-state index in [9.17, 15) is 0 Å². The smallest absolute Gasteiger partial charge is 0.0672 e. The first-order valence-corrected chi connectivity index (χ1v) is 3.73. The normalized spacial score (nSPS) is 32.0. The van der Waals surface area contributed by atoms with Crippen LogP contribution in [0, 0.1) is 5.92 Å². The van der Waals surface area contributed by atoms with Gasteiger partial charge in [-0.1, -0.05) is 12.2 Å². The van der Waals surface area contributed by atoms with E-state index in [0.717, 1.165) is 19.4 Å². The average Bonchev–Trinajstić information content (AvgIpc) is 2.36. The third kappa shape index (κ3) is 1.48. The third-order valence-electron chi connectivity index (χ3n) is 1.96. The molecule has 1 fully saturated rings. The minimum absolute atomic E-state index is 0.356. The summed E-state index contributed by atoms with van der Waals surface area (Å²) in [5.74, 6) is 0.554. The van der Waals surface area contributed by atoms with E-state index in [1.165, 1.54) is 0 Å². The summed E-state index contributed by atoms with van der Waals surface area (Å²) in [5, 5.41) is 0. The van der Waals surface area contributed by atoms with Crippen LogP contribution in [0.2, 0.25) is 0 Å². The van der Waals surface area contributed by atoms with Gasteiger partial charge in [0.15, 0.2) is 0 Å². The quantitative estimate of drug-likeness (QED) is 0.543. The average molecular weight is 138 g/mol. The number of hydrogen-bond acceptors (Lipinski definition) is 1. The Hall–Kier alpha value is -0.560. The van der Waals surface area contributed by atoms with Crippen LogP contribution in [0.15, 0.2) is 25.3 Å². The van der Waals surface area contributed by atoms with Crippen molar-refractivity contribution in [3.8, 4) is 0 Å². The van der Waals surface area contributed by atoms with Crippen molar-refractivity contribution in [2.24, 2.45) is 5.92 Å². The molecule has 1 heterocycles. The number of ether oxygens (including phenoxy) is 1. The van der Waals surface area contributed by atoms with Crippen molar-refractivity contribution >= 4 is 0 Å². The predicted molar refractivity (Wildman–Crippen MR) is 42.9 cm³/mol. The Morgan fingerprint density at radius 2 is 2.30 bits per heavy atom. The molecule has 0 aromatic rings. The van der Waals surface area contributed by atoms with E-state index in [0.29, 0.717) is 12.0 Å². The Morgan fingerprint density at radius 1 is 1.50 bits per heavy atom. The lowest BCUT2D eigenvalue weighted by Gasteiger charge is -2.11. The van der Waals surface area contributed by atoms with Crippen LogP contribution in [0.3, 0.4) is 0 Å². The van der Waals surface area contributed by atoms with E-state index in [1.807, 2.05) is 12.2 Å². The van der Waals surface area contributed by atoms with Gasteiger partial charge in [0.25, 0.3) is 0 Å². The van der Waals surface area contributed by atoms with Crippen molar-refractivity contribution in [3.63, 3.8) is 0 Å². The van der Waals surface area contributed by atoms with Gasteiger partial charge >= 0.3 is 0 Å². The molecule has 56 valence electrons. The molecule has 1 rings (SSSR count). The van der Waals surface area contributed by atoms with Crippen LogP contribution in [0.4, 0.5) is 0 Å². The van der Waals surface area contributed by atoms with Crippen molar-refractivity contribution in [1.82, 2.24) is 0 Å². The Morgan fingerprint density at radius 3 is 2.90 bits per heavy atom. The minimum atomic E-state index is 0.356. The van der Waals surface area contributed by atoms with Gasteiger partial charge in [-0.05, 0) is 12.8 Å². The molecule has 0 bridgehead atoms. The first-order chi connectivity index (χ1) is 4.88. The predicted octanol–water partition coefficient (Wildman–Crippen LogP) is 2.15. The SMILES string of the molecule is C=CCC1OCCC1C=C. The maximum atomic E-state index is 5.45. The molecule has 0 aromatic carbocycles. The van der Waals surface area contributed by atoms with Gasteiger partial charge in [-0.25, -0.2) is 0 Å². The molecular weight excluding hydrogens is 124 g/mol. The molecule has 0 saturated carbocycles. The fourth-order valence-corrected chi connectivity index (χ4v) is 1.34. The lowest BCUT2D eigenvalue weighted by molar-refractivity contribution is 0.102. The largest absolute Gasteiger partial charge is 0.377 e. The first-order valence-electron chi connectivity index (χ1n) is 3.73. The van der Waals surface area contributed by atoms with Gasteiger partial charge in [-0.15, -0.1) is 13.2 Å². The molecule has 0 spiro atoms. The van der Waals surface area contributed by atoms with Crippen LogP contribution in [0.25, 0.3) is 0 Å². The highest BCUT2D eigenvalue weighted by Gasteiger charge is 2.23. The van der Waals surface area contributed by atoms with Crippen molar-refractivity contribution in [3.05, 3.63) is 25.3 Å². The Labute approximate surface area is 62.4 Å². The minimum Gasteiger partial charge on any atom is -0.377 e. The summed E-state index contributed by atoms with van der Waals surface area (Å²) in [6, 6.07) is 0. The number of hydrogen-bond donors (Lipinski definition) is 0. The summed E-state index contributed by atoms with van der Waals surface area (Å²) in [4.78, 5) is 0. The van der Waals surface area contributed by atoms with E-state index in [2.05, 4.69) is 13.2 Å². The summed E-state index contributed by atoms with van der Waals surface area (Å²) in [6.07, 6.45) is 6.34. The zero-order valence-corrected chi connectivity index (χ0v) is 6.25. The second-order valence-electron chi connectivity index (χ2n) is 2.62. The summed E-state index contributed by atoms with van der Waals surface area (Å²) >= 11 is 0. The van der Waals surface area contributed by atoms with Gasteiger partial charge in [0, 0.05) is 12.5 Å². The Bertz CT molecular complexity index is 129. The standard InChI is InChI=1S/C9H14O/c1-3-5-9-8(4-2)6-7-10-9/h3-4,8-9H,1-2,5-7H2.